The molecule has 0 aliphatic heterocycles. The zero-order valence-corrected chi connectivity index (χ0v) is 7.10. The highest BCUT2D eigenvalue weighted by Gasteiger charge is 1.90. The molecule has 0 fully saturated rings. The lowest BCUT2D eigenvalue weighted by Crippen LogP contribution is -1.87. The first kappa shape index (κ1) is 9.98. The third-order valence-electron chi connectivity index (χ3n) is 1.16. The monoisotopic (exact) mass is 171 g/mol. The van der Waals surface area contributed by atoms with E-state index in [0.717, 1.165) is 5.69 Å². The molecule has 1 heterocycles. The summed E-state index contributed by atoms with van der Waals surface area (Å²) in [5.41, 5.74) is 0.833. The first-order chi connectivity index (χ1) is 4.86. The number of rotatable bonds is 2. The van der Waals surface area contributed by atoms with E-state index in [0.29, 0.717) is 5.88 Å². The van der Waals surface area contributed by atoms with Gasteiger partial charge in [0.1, 0.15) is 0 Å². The van der Waals surface area contributed by atoms with Crippen molar-refractivity contribution in [1.29, 1.82) is 0 Å². The summed E-state index contributed by atoms with van der Waals surface area (Å²) in [5, 5.41) is 0. The maximum atomic E-state index is 4.90. The Morgan fingerprint density at radius 2 is 2.27 bits per heavy atom. The standard InChI is InChI=1S/C8H9NO.ClH/c1-3-7-5-4-6-8(9-7)10-2;/h3-6H,1H2,2H3;1H. The molecule has 60 valence electrons. The normalized spacial score (nSPS) is 8.09. The van der Waals surface area contributed by atoms with Crippen molar-refractivity contribution in [2.24, 2.45) is 0 Å². The Kier molecular flexibility index (Phi) is 4.30. The largest absolute Gasteiger partial charge is 0.481 e. The molecule has 0 N–H and O–H groups in total. The molecule has 3 heteroatoms. The molecule has 0 aliphatic carbocycles. The summed E-state index contributed by atoms with van der Waals surface area (Å²) in [6.45, 7) is 3.59. The summed E-state index contributed by atoms with van der Waals surface area (Å²) in [4.78, 5) is 4.07. The van der Waals surface area contributed by atoms with Crippen LogP contribution in [0.2, 0.25) is 0 Å². The van der Waals surface area contributed by atoms with Gasteiger partial charge in [-0.2, -0.15) is 0 Å². The highest BCUT2D eigenvalue weighted by Crippen LogP contribution is 2.06. The quantitative estimate of drug-likeness (QED) is 0.681. The third kappa shape index (κ3) is 2.60. The first-order valence-electron chi connectivity index (χ1n) is 3.00. The van der Waals surface area contributed by atoms with Crippen LogP contribution >= 0.6 is 12.4 Å². The summed E-state index contributed by atoms with van der Waals surface area (Å²) in [7, 11) is 1.59. The Bertz CT molecular complexity index is 237. The minimum absolute atomic E-state index is 0. The van der Waals surface area contributed by atoms with Gasteiger partial charge in [0, 0.05) is 6.07 Å². The summed E-state index contributed by atoms with van der Waals surface area (Å²) in [5.74, 6) is 0.623. The van der Waals surface area contributed by atoms with E-state index in [-0.39, 0.29) is 12.4 Å². The van der Waals surface area contributed by atoms with E-state index in [1.165, 1.54) is 0 Å². The predicted molar refractivity (Wildman–Crippen MR) is 48.1 cm³/mol. The van der Waals surface area contributed by atoms with Crippen LogP contribution < -0.4 is 4.74 Å². The zero-order valence-electron chi connectivity index (χ0n) is 6.28. The van der Waals surface area contributed by atoms with Crippen LogP contribution in [0.3, 0.4) is 0 Å². The van der Waals surface area contributed by atoms with Gasteiger partial charge < -0.3 is 4.74 Å². The molecule has 0 saturated carbocycles. The number of halogens is 1. The van der Waals surface area contributed by atoms with E-state index in [2.05, 4.69) is 11.6 Å². The van der Waals surface area contributed by atoms with E-state index >= 15 is 0 Å². The van der Waals surface area contributed by atoms with E-state index in [1.54, 1.807) is 19.3 Å². The van der Waals surface area contributed by atoms with Gasteiger partial charge in [0.05, 0.1) is 12.8 Å². The van der Waals surface area contributed by atoms with Crippen LogP contribution in [0.4, 0.5) is 0 Å². The second-order valence-electron chi connectivity index (χ2n) is 1.81. The molecule has 0 aliphatic rings. The third-order valence-corrected chi connectivity index (χ3v) is 1.16. The molecule has 0 spiro atoms. The molecule has 1 aromatic rings. The molecule has 2 nitrogen and oxygen atoms in total. The molecule has 0 unspecified atom stereocenters. The second kappa shape index (κ2) is 4.74. The molecule has 0 aromatic carbocycles. The van der Waals surface area contributed by atoms with Crippen LogP contribution in [0.15, 0.2) is 24.8 Å². The lowest BCUT2D eigenvalue weighted by Gasteiger charge is -1.97. The van der Waals surface area contributed by atoms with Crippen molar-refractivity contribution < 1.29 is 4.74 Å². The SMILES string of the molecule is C=Cc1cccc(OC)n1.Cl. The molecule has 0 radical (unpaired) electrons. The van der Waals surface area contributed by atoms with Crippen molar-refractivity contribution in [1.82, 2.24) is 4.98 Å². The molecular weight excluding hydrogens is 162 g/mol. The average molecular weight is 172 g/mol. The van der Waals surface area contributed by atoms with E-state index in [9.17, 15) is 0 Å². The van der Waals surface area contributed by atoms with Crippen molar-refractivity contribution >= 4 is 18.5 Å². The summed E-state index contributed by atoms with van der Waals surface area (Å²) in [6, 6.07) is 5.55. The molecule has 0 amide bonds. The minimum Gasteiger partial charge on any atom is -0.481 e. The molecule has 0 atom stereocenters. The molecule has 11 heavy (non-hydrogen) atoms. The fraction of sp³-hybridized carbons (Fsp3) is 0.125. The predicted octanol–water partition coefficient (Wildman–Crippen LogP) is 2.16. The lowest BCUT2D eigenvalue weighted by molar-refractivity contribution is 0.397. The highest BCUT2D eigenvalue weighted by atomic mass is 35.5. The molecule has 1 rings (SSSR count). The fourth-order valence-corrected chi connectivity index (χ4v) is 0.658. The fourth-order valence-electron chi connectivity index (χ4n) is 0.658. The number of pyridine rings is 1. The Morgan fingerprint density at radius 1 is 1.55 bits per heavy atom. The topological polar surface area (TPSA) is 22.1 Å². The smallest absolute Gasteiger partial charge is 0.213 e. The van der Waals surface area contributed by atoms with Gasteiger partial charge in [0.2, 0.25) is 5.88 Å². The molecular formula is C8H10ClNO. The van der Waals surface area contributed by atoms with Crippen LogP contribution in [-0.2, 0) is 0 Å². The maximum absolute atomic E-state index is 4.90. The van der Waals surface area contributed by atoms with Gasteiger partial charge in [-0.1, -0.05) is 12.6 Å². The number of methoxy groups -OCH3 is 1. The average Bonchev–Trinajstić information content (AvgIpc) is 2.05. The van der Waals surface area contributed by atoms with Crippen molar-refractivity contribution in [2.75, 3.05) is 7.11 Å². The Morgan fingerprint density at radius 3 is 2.82 bits per heavy atom. The van der Waals surface area contributed by atoms with E-state index in [4.69, 9.17) is 4.74 Å². The maximum Gasteiger partial charge on any atom is 0.213 e. The Labute approximate surface area is 72.3 Å². The van der Waals surface area contributed by atoms with Crippen molar-refractivity contribution in [2.45, 2.75) is 0 Å². The zero-order chi connectivity index (χ0) is 7.40. The van der Waals surface area contributed by atoms with E-state index in [1.807, 2.05) is 12.1 Å². The van der Waals surface area contributed by atoms with Gasteiger partial charge in [0.25, 0.3) is 0 Å². The van der Waals surface area contributed by atoms with Crippen LogP contribution in [-0.4, -0.2) is 12.1 Å². The van der Waals surface area contributed by atoms with Crippen LogP contribution in [0.5, 0.6) is 5.88 Å². The van der Waals surface area contributed by atoms with Gasteiger partial charge in [-0.25, -0.2) is 4.98 Å². The van der Waals surface area contributed by atoms with E-state index < -0.39 is 0 Å². The number of hydrogen-bond acceptors (Lipinski definition) is 2. The van der Waals surface area contributed by atoms with Gasteiger partial charge in [-0.05, 0) is 12.1 Å². The Balaban J connectivity index is 0.000001000. The van der Waals surface area contributed by atoms with Gasteiger partial charge in [-0.3, -0.25) is 0 Å². The minimum atomic E-state index is 0. The number of ether oxygens (including phenoxy) is 1. The second-order valence-corrected chi connectivity index (χ2v) is 1.81. The van der Waals surface area contributed by atoms with Crippen molar-refractivity contribution in [3.05, 3.63) is 30.5 Å². The molecule has 0 saturated heterocycles. The van der Waals surface area contributed by atoms with Crippen LogP contribution in [0.1, 0.15) is 5.69 Å². The molecule has 1 aromatic heterocycles. The lowest BCUT2D eigenvalue weighted by atomic mass is 10.3. The van der Waals surface area contributed by atoms with Gasteiger partial charge in [-0.15, -0.1) is 12.4 Å². The first-order valence-corrected chi connectivity index (χ1v) is 3.00. The number of aromatic nitrogens is 1. The van der Waals surface area contributed by atoms with Gasteiger partial charge >= 0.3 is 0 Å². The van der Waals surface area contributed by atoms with Gasteiger partial charge in [0.15, 0.2) is 0 Å². The summed E-state index contributed by atoms with van der Waals surface area (Å²) < 4.78 is 4.90. The molecule has 0 bridgehead atoms. The summed E-state index contributed by atoms with van der Waals surface area (Å²) in [6.07, 6.45) is 1.68. The van der Waals surface area contributed by atoms with Crippen LogP contribution in [0.25, 0.3) is 6.08 Å². The highest BCUT2D eigenvalue weighted by molar-refractivity contribution is 5.85. The summed E-state index contributed by atoms with van der Waals surface area (Å²) >= 11 is 0. The Hall–Kier alpha value is -1.02. The van der Waals surface area contributed by atoms with Crippen molar-refractivity contribution in [3.63, 3.8) is 0 Å². The number of nitrogens with zero attached hydrogens (tertiary/aromatic N) is 1. The number of hydrogen-bond donors (Lipinski definition) is 0. The van der Waals surface area contributed by atoms with Crippen LogP contribution in [0, 0.1) is 0 Å². The van der Waals surface area contributed by atoms with Crippen molar-refractivity contribution in [3.8, 4) is 5.88 Å².